The van der Waals surface area contributed by atoms with Crippen molar-refractivity contribution in [3.63, 3.8) is 0 Å². The van der Waals surface area contributed by atoms with Crippen molar-refractivity contribution in [3.8, 4) is 11.5 Å². The van der Waals surface area contributed by atoms with Crippen molar-refractivity contribution in [1.29, 1.82) is 0 Å². The molecule has 0 bridgehead atoms. The van der Waals surface area contributed by atoms with E-state index in [2.05, 4.69) is 15.2 Å². The van der Waals surface area contributed by atoms with Gasteiger partial charge in [0.05, 0.1) is 13.3 Å². The van der Waals surface area contributed by atoms with Gasteiger partial charge in [0, 0.05) is 17.1 Å². The molecule has 0 fully saturated rings. The topological polar surface area (TPSA) is 69.2 Å². The van der Waals surface area contributed by atoms with E-state index in [1.54, 1.807) is 25.1 Å². The zero-order valence-electron chi connectivity index (χ0n) is 15.2. The average Bonchev–Trinajstić information content (AvgIpc) is 2.67. The van der Waals surface area contributed by atoms with Gasteiger partial charge in [-0.2, -0.15) is 8.78 Å². The molecule has 2 aromatic carbocycles. The molecule has 0 aromatic heterocycles. The Balaban J connectivity index is 1.89. The summed E-state index contributed by atoms with van der Waals surface area (Å²) in [5.74, 6) is -0.340. The quantitative estimate of drug-likeness (QED) is 0.499. The lowest BCUT2D eigenvalue weighted by atomic mass is 10.2. The van der Waals surface area contributed by atoms with Crippen molar-refractivity contribution in [2.75, 3.05) is 7.11 Å². The minimum absolute atomic E-state index is 0.0945. The van der Waals surface area contributed by atoms with Gasteiger partial charge in [0.15, 0.2) is 11.5 Å². The van der Waals surface area contributed by atoms with Gasteiger partial charge in [0.25, 0.3) is 5.91 Å². The van der Waals surface area contributed by atoms with Crippen LogP contribution in [0.1, 0.15) is 18.1 Å². The fraction of sp³-hybridized carbons (Fsp3) is 0.263. The van der Waals surface area contributed by atoms with E-state index in [1.807, 2.05) is 6.07 Å². The van der Waals surface area contributed by atoms with E-state index in [1.165, 1.54) is 31.5 Å². The van der Waals surface area contributed by atoms with Gasteiger partial charge in [0.1, 0.15) is 0 Å². The molecule has 2 rings (SSSR count). The van der Waals surface area contributed by atoms with E-state index >= 15 is 0 Å². The van der Waals surface area contributed by atoms with Crippen molar-refractivity contribution >= 4 is 23.7 Å². The summed E-state index contributed by atoms with van der Waals surface area (Å²) in [6, 6.07) is 11.4. The molecule has 0 aliphatic carbocycles. The minimum atomic E-state index is -2.96. The van der Waals surface area contributed by atoms with Gasteiger partial charge in [0.2, 0.25) is 6.10 Å². The van der Waals surface area contributed by atoms with Gasteiger partial charge in [-0.25, -0.2) is 0 Å². The molecule has 0 aliphatic rings. The average molecular weight is 413 g/mol. The van der Waals surface area contributed by atoms with E-state index in [4.69, 9.17) is 21.2 Å². The summed E-state index contributed by atoms with van der Waals surface area (Å²) in [5.41, 5.74) is 1.30. The second-order valence-corrected chi connectivity index (χ2v) is 5.99. The van der Waals surface area contributed by atoms with E-state index in [0.29, 0.717) is 10.6 Å². The number of rotatable bonds is 9. The van der Waals surface area contributed by atoms with Crippen molar-refractivity contribution in [3.05, 3.63) is 58.6 Å². The minimum Gasteiger partial charge on any atom is -0.493 e. The monoisotopic (exact) mass is 412 g/mol. The first kappa shape index (κ1) is 21.4. The summed E-state index contributed by atoms with van der Waals surface area (Å²) >= 11 is 6.04. The van der Waals surface area contributed by atoms with Gasteiger partial charge in [-0.3, -0.25) is 4.79 Å². The van der Waals surface area contributed by atoms with Gasteiger partial charge in [-0.1, -0.05) is 35.0 Å². The number of halogens is 3. The van der Waals surface area contributed by atoms with Crippen LogP contribution < -0.4 is 14.8 Å². The second-order valence-electron chi connectivity index (χ2n) is 5.58. The number of hydrogen-bond donors (Lipinski definition) is 1. The van der Waals surface area contributed by atoms with Gasteiger partial charge in [-0.15, -0.1) is 0 Å². The molecule has 2 aromatic rings. The molecule has 1 amide bonds. The van der Waals surface area contributed by atoms with Crippen molar-refractivity contribution in [2.24, 2.45) is 5.16 Å². The van der Waals surface area contributed by atoms with Crippen LogP contribution in [-0.4, -0.2) is 31.9 Å². The van der Waals surface area contributed by atoms with Crippen LogP contribution in [0.5, 0.6) is 11.5 Å². The van der Waals surface area contributed by atoms with E-state index in [0.717, 1.165) is 5.56 Å². The Morgan fingerprint density at radius 1 is 1.25 bits per heavy atom. The smallest absolute Gasteiger partial charge is 0.387 e. The third kappa shape index (κ3) is 6.38. The predicted octanol–water partition coefficient (Wildman–Crippen LogP) is 4.01. The maximum atomic E-state index is 12.3. The Morgan fingerprint density at radius 2 is 2.00 bits per heavy atom. The standard InChI is InChI=1S/C19H19ClF2N2O4/c1-12(18(25)23-11-14-5-3-4-6-15(14)20)28-24-10-13-7-8-16(27-19(21)22)17(9-13)26-2/h3-10,12,19H,11H2,1-2H3,(H,23,25)/b24-10+. The number of methoxy groups -OCH3 is 1. The maximum absolute atomic E-state index is 12.3. The largest absolute Gasteiger partial charge is 0.493 e. The first-order chi connectivity index (χ1) is 13.4. The molecule has 0 saturated heterocycles. The van der Waals surface area contributed by atoms with Crippen LogP contribution in [0.2, 0.25) is 5.02 Å². The molecule has 0 spiro atoms. The Morgan fingerprint density at radius 3 is 2.68 bits per heavy atom. The molecule has 6 nitrogen and oxygen atoms in total. The maximum Gasteiger partial charge on any atom is 0.387 e. The molecule has 28 heavy (non-hydrogen) atoms. The zero-order valence-corrected chi connectivity index (χ0v) is 16.0. The van der Waals surface area contributed by atoms with E-state index in [-0.39, 0.29) is 24.0 Å². The van der Waals surface area contributed by atoms with Crippen LogP contribution in [0.15, 0.2) is 47.6 Å². The number of hydrogen-bond acceptors (Lipinski definition) is 5. The molecule has 1 atom stereocenters. The van der Waals surface area contributed by atoms with Gasteiger partial charge < -0.3 is 19.6 Å². The molecule has 1 unspecified atom stereocenters. The Kier molecular flexibility index (Phi) is 8.01. The molecular weight excluding hydrogens is 394 g/mol. The molecule has 9 heteroatoms. The highest BCUT2D eigenvalue weighted by atomic mass is 35.5. The third-order valence-corrected chi connectivity index (χ3v) is 3.97. The zero-order chi connectivity index (χ0) is 20.5. The lowest BCUT2D eigenvalue weighted by Crippen LogP contribution is -2.33. The number of amides is 1. The molecule has 0 saturated carbocycles. The van der Waals surface area contributed by atoms with Crippen LogP contribution in [0.25, 0.3) is 0 Å². The van der Waals surface area contributed by atoms with Crippen molar-refractivity contribution < 1.29 is 27.9 Å². The molecule has 0 heterocycles. The first-order valence-electron chi connectivity index (χ1n) is 8.24. The van der Waals surface area contributed by atoms with Crippen molar-refractivity contribution in [1.82, 2.24) is 5.32 Å². The molecule has 150 valence electrons. The Labute approximate surface area is 166 Å². The fourth-order valence-electron chi connectivity index (χ4n) is 2.16. The van der Waals surface area contributed by atoms with E-state index in [9.17, 15) is 13.6 Å². The SMILES string of the molecule is COc1cc(/C=N/OC(C)C(=O)NCc2ccccc2Cl)ccc1OC(F)F. The van der Waals surface area contributed by atoms with Gasteiger partial charge in [-0.05, 0) is 36.8 Å². The molecule has 0 aliphatic heterocycles. The molecule has 0 radical (unpaired) electrons. The highest BCUT2D eigenvalue weighted by Gasteiger charge is 2.14. The fourth-order valence-corrected chi connectivity index (χ4v) is 2.36. The normalized spacial score (nSPS) is 12.1. The van der Waals surface area contributed by atoms with E-state index < -0.39 is 12.7 Å². The van der Waals surface area contributed by atoms with Crippen molar-refractivity contribution in [2.45, 2.75) is 26.2 Å². The number of nitrogens with one attached hydrogen (secondary N) is 1. The Bertz CT molecular complexity index is 833. The number of carbonyl (C=O) groups excluding carboxylic acids is 1. The third-order valence-electron chi connectivity index (χ3n) is 3.60. The Hall–Kier alpha value is -2.87. The second kappa shape index (κ2) is 10.5. The summed E-state index contributed by atoms with van der Waals surface area (Å²) in [4.78, 5) is 17.2. The highest BCUT2D eigenvalue weighted by Crippen LogP contribution is 2.28. The van der Waals surface area contributed by atoms with Gasteiger partial charge >= 0.3 is 6.61 Å². The summed E-state index contributed by atoms with van der Waals surface area (Å²) in [7, 11) is 1.33. The predicted molar refractivity (Wildman–Crippen MR) is 101 cm³/mol. The van der Waals surface area contributed by atoms with Crippen LogP contribution in [0, 0.1) is 0 Å². The van der Waals surface area contributed by atoms with Crippen LogP contribution in [-0.2, 0) is 16.2 Å². The number of oxime groups is 1. The summed E-state index contributed by atoms with van der Waals surface area (Å²) in [5, 5.41) is 7.00. The number of benzene rings is 2. The summed E-state index contributed by atoms with van der Waals surface area (Å²) in [6.07, 6.45) is 0.481. The van der Waals surface area contributed by atoms with Crippen LogP contribution in [0.3, 0.4) is 0 Å². The number of ether oxygens (including phenoxy) is 2. The summed E-state index contributed by atoms with van der Waals surface area (Å²) < 4.78 is 34.0. The number of alkyl halides is 2. The highest BCUT2D eigenvalue weighted by molar-refractivity contribution is 6.31. The molecular formula is C19H19ClF2N2O4. The van der Waals surface area contributed by atoms with Crippen LogP contribution >= 0.6 is 11.6 Å². The lowest BCUT2D eigenvalue weighted by Gasteiger charge is -2.11. The lowest BCUT2D eigenvalue weighted by molar-refractivity contribution is -0.131. The summed E-state index contributed by atoms with van der Waals surface area (Å²) in [6.45, 7) is -1.15. The molecule has 1 N–H and O–H groups in total. The number of carbonyl (C=O) groups is 1. The van der Waals surface area contributed by atoms with Crippen LogP contribution in [0.4, 0.5) is 8.78 Å². The first-order valence-corrected chi connectivity index (χ1v) is 8.61. The number of nitrogens with zero attached hydrogens (tertiary/aromatic N) is 1.